The van der Waals surface area contributed by atoms with Crippen LogP contribution in [0.3, 0.4) is 0 Å². The van der Waals surface area contributed by atoms with Crippen molar-refractivity contribution in [3.05, 3.63) is 71.9 Å². The Morgan fingerprint density at radius 3 is 1.65 bits per heavy atom. The van der Waals surface area contributed by atoms with Crippen molar-refractivity contribution in [2.75, 3.05) is 6.54 Å². The first-order valence-electron chi connectivity index (χ1n) is 14.8. The van der Waals surface area contributed by atoms with E-state index in [1.807, 2.05) is 74.6 Å². The van der Waals surface area contributed by atoms with E-state index in [2.05, 4.69) is 4.98 Å². The van der Waals surface area contributed by atoms with Crippen molar-refractivity contribution in [2.45, 2.75) is 76.5 Å². The maximum atomic E-state index is 10.6. The van der Waals surface area contributed by atoms with Crippen LogP contribution in [-0.4, -0.2) is 80.0 Å². The fourth-order valence-corrected chi connectivity index (χ4v) is 3.82. The summed E-state index contributed by atoms with van der Waals surface area (Å²) in [7, 11) is 0. The number of carbonyl (C=O) groups is 4. The molecule has 46 heavy (non-hydrogen) atoms. The molecular weight excluding hydrogens is 596 g/mol. The average Bonchev–Trinajstić information content (AvgIpc) is 3.40. The van der Waals surface area contributed by atoms with Crippen molar-refractivity contribution in [1.29, 1.82) is 0 Å². The highest BCUT2D eigenvalue weighted by Crippen LogP contribution is 2.18. The van der Waals surface area contributed by atoms with Gasteiger partial charge in [-0.15, -0.1) is 0 Å². The van der Waals surface area contributed by atoms with Gasteiger partial charge in [0.15, 0.2) is 0 Å². The molecule has 1 heterocycles. The van der Waals surface area contributed by atoms with Gasteiger partial charge in [-0.2, -0.15) is 0 Å². The smallest absolute Gasteiger partial charge is 0.320 e. The van der Waals surface area contributed by atoms with E-state index in [0.29, 0.717) is 38.1 Å². The van der Waals surface area contributed by atoms with Crippen molar-refractivity contribution < 1.29 is 39.6 Å². The molecule has 0 amide bonds. The molecule has 3 rings (SSSR count). The predicted molar refractivity (Wildman–Crippen MR) is 177 cm³/mol. The molecule has 2 aromatic carbocycles. The Morgan fingerprint density at radius 2 is 1.17 bits per heavy atom. The van der Waals surface area contributed by atoms with Crippen molar-refractivity contribution in [1.82, 2.24) is 4.98 Å². The Kier molecular flexibility index (Phi) is 20.9. The Morgan fingerprint density at radius 1 is 0.674 bits per heavy atom. The number of fused-ring (bicyclic) bond motifs is 1. The van der Waals surface area contributed by atoms with Gasteiger partial charge in [-0.05, 0) is 55.3 Å². The molecule has 0 radical (unpaired) electrons. The molecule has 0 fully saturated rings. The maximum absolute atomic E-state index is 10.6. The molecule has 4 unspecified atom stereocenters. The molecule has 0 spiro atoms. The topological polar surface area (TPSA) is 295 Å². The summed E-state index contributed by atoms with van der Waals surface area (Å²) in [5, 5.41) is 34.9. The van der Waals surface area contributed by atoms with E-state index >= 15 is 0 Å². The lowest BCUT2D eigenvalue weighted by molar-refractivity contribution is -0.139. The number of benzene rings is 2. The third-order valence-corrected chi connectivity index (χ3v) is 6.38. The van der Waals surface area contributed by atoms with Gasteiger partial charge >= 0.3 is 23.9 Å². The molecule has 0 aliphatic heterocycles. The van der Waals surface area contributed by atoms with Crippen LogP contribution in [0.2, 0.25) is 0 Å². The number of hydrogen-bond acceptors (Lipinski definition) is 9. The average molecular weight is 647 g/mol. The molecule has 14 heteroatoms. The first-order valence-corrected chi connectivity index (χ1v) is 14.8. The Labute approximate surface area is 268 Å². The first kappa shape index (κ1) is 41.7. The van der Waals surface area contributed by atoms with Crippen molar-refractivity contribution in [2.24, 2.45) is 34.6 Å². The lowest BCUT2D eigenvalue weighted by atomic mass is 10.1. The molecule has 0 bridgehead atoms. The molecular formula is C32H50N6O8. The molecule has 0 aliphatic carbocycles. The minimum absolute atomic E-state index is 0.347. The third kappa shape index (κ3) is 18.5. The van der Waals surface area contributed by atoms with Crippen LogP contribution < -0.4 is 28.7 Å². The Bertz CT molecular complexity index is 1320. The van der Waals surface area contributed by atoms with Gasteiger partial charge in [0.2, 0.25) is 0 Å². The summed E-state index contributed by atoms with van der Waals surface area (Å²) in [4.78, 5) is 44.3. The Hall–Kier alpha value is -4.34. The highest BCUT2D eigenvalue weighted by atomic mass is 16.4. The van der Waals surface area contributed by atoms with Gasteiger partial charge in [-0.1, -0.05) is 68.8 Å². The number of rotatable bonds is 14. The second kappa shape index (κ2) is 23.1. The van der Waals surface area contributed by atoms with Crippen LogP contribution in [-0.2, 0) is 32.0 Å². The van der Waals surface area contributed by atoms with Crippen LogP contribution in [0.5, 0.6) is 0 Å². The summed E-state index contributed by atoms with van der Waals surface area (Å²) in [6, 6.07) is 14.1. The standard InChI is InChI=1S/C11H12N2O2.C9H11NO2.C6H14N2O2.C6H13NO2/c12-9(11(14)15)5-7-6-13-10-4-2-1-3-8(7)10;10-8(9(11)12)6-7-4-2-1-3-5-7;7-4-2-1-3-5(8)6(9)10;1-4(2)3-5(7)6(8)9/h1-4,6,9,13H,5,12H2,(H,14,15);1-5,8H,6,10H2,(H,11,12);5H,1-4,7-8H2,(H,9,10);4-5H,3,7H2,1-2H3,(H,8,9). The van der Waals surface area contributed by atoms with Crippen LogP contribution in [0, 0.1) is 5.92 Å². The summed E-state index contributed by atoms with van der Waals surface area (Å²) < 4.78 is 0. The molecule has 0 saturated carbocycles. The normalized spacial score (nSPS) is 13.0. The van der Waals surface area contributed by atoms with E-state index in [9.17, 15) is 19.2 Å². The van der Waals surface area contributed by atoms with Crippen LogP contribution in [0.1, 0.15) is 50.7 Å². The maximum Gasteiger partial charge on any atom is 0.320 e. The number of aliphatic carboxylic acids is 4. The van der Waals surface area contributed by atoms with Crippen molar-refractivity contribution >= 4 is 34.8 Å². The van der Waals surface area contributed by atoms with E-state index < -0.39 is 48.0 Å². The number of carboxylic acid groups (broad SMARTS) is 4. The number of aromatic nitrogens is 1. The molecule has 0 aliphatic rings. The number of carboxylic acids is 4. The predicted octanol–water partition coefficient (Wildman–Crippen LogP) is 1.74. The van der Waals surface area contributed by atoms with Crippen LogP contribution in [0.15, 0.2) is 60.8 Å². The van der Waals surface area contributed by atoms with Gasteiger partial charge in [0, 0.05) is 23.5 Å². The van der Waals surface area contributed by atoms with Gasteiger partial charge in [-0.25, -0.2) is 0 Å². The number of nitrogens with two attached hydrogens (primary N) is 5. The van der Waals surface area contributed by atoms with Gasteiger partial charge < -0.3 is 54.1 Å². The molecule has 1 aromatic heterocycles. The number of para-hydroxylation sites is 1. The van der Waals surface area contributed by atoms with Gasteiger partial charge in [-0.3, -0.25) is 19.2 Å². The van der Waals surface area contributed by atoms with Gasteiger partial charge in [0.05, 0.1) is 0 Å². The number of H-pyrrole nitrogens is 1. The fraction of sp³-hybridized carbons (Fsp3) is 0.438. The van der Waals surface area contributed by atoms with Crippen LogP contribution in [0.25, 0.3) is 10.9 Å². The minimum Gasteiger partial charge on any atom is -0.480 e. The van der Waals surface area contributed by atoms with E-state index in [0.717, 1.165) is 34.9 Å². The largest absolute Gasteiger partial charge is 0.480 e. The molecule has 4 atom stereocenters. The zero-order chi connectivity index (χ0) is 35.2. The van der Waals surface area contributed by atoms with E-state index in [1.165, 1.54) is 0 Å². The SMILES string of the molecule is CC(C)CC(N)C(=O)O.NC(Cc1c[nH]c2ccccc12)C(=O)O.NC(Cc1ccccc1)C(=O)O.NCCCCC(N)C(=O)O. The van der Waals surface area contributed by atoms with E-state index in [-0.39, 0.29) is 0 Å². The minimum atomic E-state index is -0.972. The summed E-state index contributed by atoms with van der Waals surface area (Å²) >= 11 is 0. The highest BCUT2D eigenvalue weighted by molar-refractivity contribution is 5.84. The molecule has 3 aromatic rings. The number of nitrogens with one attached hydrogen (secondary N) is 1. The third-order valence-electron chi connectivity index (χ3n) is 6.38. The van der Waals surface area contributed by atoms with Gasteiger partial charge in [0.1, 0.15) is 24.2 Å². The monoisotopic (exact) mass is 646 g/mol. The van der Waals surface area contributed by atoms with E-state index in [1.54, 1.807) is 0 Å². The van der Waals surface area contributed by atoms with Crippen molar-refractivity contribution in [3.63, 3.8) is 0 Å². The summed E-state index contributed by atoms with van der Waals surface area (Å²) in [6.07, 6.45) is 5.26. The number of hydrogen-bond donors (Lipinski definition) is 10. The zero-order valence-corrected chi connectivity index (χ0v) is 26.4. The summed E-state index contributed by atoms with van der Waals surface area (Å²) in [6.45, 7) is 4.50. The highest BCUT2D eigenvalue weighted by Gasteiger charge is 2.15. The van der Waals surface area contributed by atoms with Crippen LogP contribution in [0.4, 0.5) is 0 Å². The quantitative estimate of drug-likeness (QED) is 0.112. The molecule has 14 nitrogen and oxygen atoms in total. The lowest BCUT2D eigenvalue weighted by Crippen LogP contribution is -2.32. The fourth-order valence-electron chi connectivity index (χ4n) is 3.82. The first-order chi connectivity index (χ1) is 21.6. The van der Waals surface area contributed by atoms with Gasteiger partial charge in [0.25, 0.3) is 0 Å². The molecule has 15 N–H and O–H groups in total. The second-order valence-electron chi connectivity index (χ2n) is 10.9. The van der Waals surface area contributed by atoms with E-state index in [4.69, 9.17) is 49.1 Å². The molecule has 256 valence electrons. The number of aromatic amines is 1. The number of unbranched alkanes of at least 4 members (excludes halogenated alkanes) is 1. The zero-order valence-electron chi connectivity index (χ0n) is 26.4. The molecule has 0 saturated heterocycles. The van der Waals surface area contributed by atoms with Crippen molar-refractivity contribution in [3.8, 4) is 0 Å². The summed E-state index contributed by atoms with van der Waals surface area (Å²) in [5.74, 6) is -3.42. The Balaban J connectivity index is 0.000000601. The second-order valence-corrected chi connectivity index (χ2v) is 10.9. The lowest BCUT2D eigenvalue weighted by Gasteiger charge is -2.07. The summed E-state index contributed by atoms with van der Waals surface area (Å²) in [5.41, 5.74) is 29.4. The van der Waals surface area contributed by atoms with Crippen LogP contribution >= 0.6 is 0 Å².